The fourth-order valence-corrected chi connectivity index (χ4v) is 4.82. The van der Waals surface area contributed by atoms with E-state index in [4.69, 9.17) is 4.74 Å². The summed E-state index contributed by atoms with van der Waals surface area (Å²) < 4.78 is 7.54. The van der Waals surface area contributed by atoms with Crippen LogP contribution in [0.4, 0.5) is 0 Å². The number of amides is 1. The third-order valence-electron chi connectivity index (χ3n) is 6.81. The van der Waals surface area contributed by atoms with E-state index in [-0.39, 0.29) is 5.91 Å². The van der Waals surface area contributed by atoms with Crippen molar-refractivity contribution >= 4 is 5.91 Å². The van der Waals surface area contributed by atoms with Gasteiger partial charge < -0.3 is 14.2 Å². The summed E-state index contributed by atoms with van der Waals surface area (Å²) >= 11 is 0. The van der Waals surface area contributed by atoms with Crippen molar-refractivity contribution in [1.82, 2.24) is 19.7 Å². The zero-order chi connectivity index (χ0) is 20.4. The highest BCUT2D eigenvalue weighted by atomic mass is 16.5. The minimum atomic E-state index is 0.234. The maximum atomic E-state index is 12.8. The van der Waals surface area contributed by atoms with E-state index in [2.05, 4.69) is 33.5 Å². The van der Waals surface area contributed by atoms with Gasteiger partial charge in [-0.1, -0.05) is 26.0 Å². The Morgan fingerprint density at radius 2 is 1.76 bits per heavy atom. The summed E-state index contributed by atoms with van der Waals surface area (Å²) in [5, 5.41) is 8.87. The predicted octanol–water partition coefficient (Wildman–Crippen LogP) is 3.60. The number of nitrogens with zero attached hydrogens (tertiary/aromatic N) is 4. The Kier molecular flexibility index (Phi) is 5.61. The van der Waals surface area contributed by atoms with Gasteiger partial charge in [0, 0.05) is 32.0 Å². The summed E-state index contributed by atoms with van der Waals surface area (Å²) in [6, 6.07) is 7.80. The summed E-state index contributed by atoms with van der Waals surface area (Å²) in [6.45, 7) is 7.12. The van der Waals surface area contributed by atoms with E-state index in [0.29, 0.717) is 17.8 Å². The Morgan fingerprint density at radius 3 is 2.41 bits per heavy atom. The number of carbonyl (C=O) groups excluding carboxylic acids is 1. The molecule has 29 heavy (non-hydrogen) atoms. The quantitative estimate of drug-likeness (QED) is 0.792. The number of aromatic nitrogens is 3. The molecule has 1 saturated heterocycles. The van der Waals surface area contributed by atoms with E-state index in [1.807, 2.05) is 24.3 Å². The molecule has 1 spiro atoms. The number of aryl methyl sites for hydroxylation is 1. The molecule has 3 heterocycles. The first-order valence-corrected chi connectivity index (χ1v) is 10.8. The van der Waals surface area contributed by atoms with Gasteiger partial charge >= 0.3 is 0 Å². The van der Waals surface area contributed by atoms with Gasteiger partial charge in [0.1, 0.15) is 17.4 Å². The van der Waals surface area contributed by atoms with Crippen molar-refractivity contribution < 1.29 is 9.53 Å². The van der Waals surface area contributed by atoms with Crippen LogP contribution in [0.1, 0.15) is 62.7 Å². The Hall–Kier alpha value is -2.37. The second-order valence-corrected chi connectivity index (χ2v) is 8.94. The number of benzene rings is 1. The standard InChI is InChI=1S/C23H32N4O2/c1-17(2)22-25-24-20-8-9-23(12-15-27(20)22)10-13-26(14-11-23)21(28)16-18-4-6-19(29-3)7-5-18/h4-7,17H,8-16H2,1-3H3. The fraction of sp³-hybridized carbons (Fsp3) is 0.609. The third-order valence-corrected chi connectivity index (χ3v) is 6.81. The van der Waals surface area contributed by atoms with E-state index < -0.39 is 0 Å². The van der Waals surface area contributed by atoms with Crippen molar-refractivity contribution in [2.75, 3.05) is 20.2 Å². The minimum absolute atomic E-state index is 0.234. The number of fused-ring (bicyclic) bond motifs is 1. The molecule has 0 N–H and O–H groups in total. The van der Waals surface area contributed by atoms with Crippen LogP contribution in [0.2, 0.25) is 0 Å². The molecule has 0 bridgehead atoms. The maximum Gasteiger partial charge on any atom is 0.226 e. The van der Waals surface area contributed by atoms with E-state index in [1.165, 1.54) is 0 Å². The molecular formula is C23H32N4O2. The molecule has 0 atom stereocenters. The number of hydrogen-bond acceptors (Lipinski definition) is 4. The largest absolute Gasteiger partial charge is 0.497 e. The van der Waals surface area contributed by atoms with Gasteiger partial charge in [-0.25, -0.2) is 0 Å². The molecule has 1 aromatic carbocycles. The van der Waals surface area contributed by atoms with Crippen LogP contribution in [0, 0.1) is 5.41 Å². The lowest BCUT2D eigenvalue weighted by Gasteiger charge is -2.41. The van der Waals surface area contributed by atoms with Gasteiger partial charge in [-0.2, -0.15) is 0 Å². The molecule has 2 aliphatic rings. The highest BCUT2D eigenvalue weighted by Gasteiger charge is 2.37. The Bertz CT molecular complexity index is 848. The lowest BCUT2D eigenvalue weighted by molar-refractivity contribution is -0.133. The summed E-state index contributed by atoms with van der Waals surface area (Å²) in [5.41, 5.74) is 1.39. The molecule has 6 nitrogen and oxygen atoms in total. The molecule has 1 aromatic heterocycles. The first-order chi connectivity index (χ1) is 14.0. The number of hydrogen-bond donors (Lipinski definition) is 0. The lowest BCUT2D eigenvalue weighted by atomic mass is 9.72. The molecule has 2 aromatic rings. The topological polar surface area (TPSA) is 60.2 Å². The number of carbonyl (C=O) groups is 1. The van der Waals surface area contributed by atoms with Crippen molar-refractivity contribution in [3.8, 4) is 5.75 Å². The SMILES string of the molecule is COc1ccc(CC(=O)N2CCC3(CCc4nnc(C(C)C)n4CC3)CC2)cc1. The highest BCUT2D eigenvalue weighted by molar-refractivity contribution is 5.78. The van der Waals surface area contributed by atoms with Crippen LogP contribution < -0.4 is 4.74 Å². The normalized spacial score (nSPS) is 18.6. The molecule has 6 heteroatoms. The van der Waals surface area contributed by atoms with Gasteiger partial charge in [0.15, 0.2) is 0 Å². The number of ether oxygens (including phenoxy) is 1. The zero-order valence-electron chi connectivity index (χ0n) is 17.9. The van der Waals surface area contributed by atoms with Crippen molar-refractivity contribution in [2.24, 2.45) is 5.41 Å². The molecule has 0 radical (unpaired) electrons. The van der Waals surface area contributed by atoms with Crippen LogP contribution in [-0.2, 0) is 24.2 Å². The first-order valence-electron chi connectivity index (χ1n) is 10.8. The Labute approximate surface area is 173 Å². The smallest absolute Gasteiger partial charge is 0.226 e. The molecule has 0 aliphatic carbocycles. The monoisotopic (exact) mass is 396 g/mol. The van der Waals surface area contributed by atoms with Crippen LogP contribution in [0.5, 0.6) is 5.75 Å². The van der Waals surface area contributed by atoms with Crippen molar-refractivity contribution in [3.05, 3.63) is 41.5 Å². The van der Waals surface area contributed by atoms with Gasteiger partial charge in [0.25, 0.3) is 0 Å². The van der Waals surface area contributed by atoms with E-state index in [0.717, 1.165) is 74.7 Å². The van der Waals surface area contributed by atoms with Crippen LogP contribution >= 0.6 is 0 Å². The third kappa shape index (κ3) is 4.16. The first kappa shape index (κ1) is 19.9. The van der Waals surface area contributed by atoms with Crippen molar-refractivity contribution in [2.45, 2.75) is 64.8 Å². The van der Waals surface area contributed by atoms with Gasteiger partial charge in [0.2, 0.25) is 5.91 Å². The molecule has 1 amide bonds. The van der Waals surface area contributed by atoms with E-state index in [9.17, 15) is 4.79 Å². The lowest BCUT2D eigenvalue weighted by Crippen LogP contribution is -2.44. The van der Waals surface area contributed by atoms with Gasteiger partial charge in [-0.05, 0) is 48.8 Å². The molecule has 0 unspecified atom stereocenters. The van der Waals surface area contributed by atoms with E-state index >= 15 is 0 Å². The van der Waals surface area contributed by atoms with Gasteiger partial charge in [0.05, 0.1) is 13.5 Å². The molecule has 0 saturated carbocycles. The predicted molar refractivity (Wildman–Crippen MR) is 112 cm³/mol. The number of likely N-dealkylation sites (tertiary alicyclic amines) is 1. The van der Waals surface area contributed by atoms with Crippen LogP contribution in [0.25, 0.3) is 0 Å². The summed E-state index contributed by atoms with van der Waals surface area (Å²) in [7, 11) is 1.66. The molecule has 156 valence electrons. The molecule has 2 aliphatic heterocycles. The maximum absolute atomic E-state index is 12.8. The average molecular weight is 397 g/mol. The van der Waals surface area contributed by atoms with Crippen molar-refractivity contribution in [3.63, 3.8) is 0 Å². The van der Waals surface area contributed by atoms with Gasteiger partial charge in [-0.3, -0.25) is 4.79 Å². The van der Waals surface area contributed by atoms with Crippen molar-refractivity contribution in [1.29, 1.82) is 0 Å². The van der Waals surface area contributed by atoms with E-state index in [1.54, 1.807) is 7.11 Å². The fourth-order valence-electron chi connectivity index (χ4n) is 4.82. The van der Waals surface area contributed by atoms with Gasteiger partial charge in [-0.15, -0.1) is 10.2 Å². The second kappa shape index (κ2) is 8.17. The number of rotatable bonds is 4. The summed E-state index contributed by atoms with van der Waals surface area (Å²) in [4.78, 5) is 14.8. The molecule has 1 fully saturated rings. The van der Waals surface area contributed by atoms with Crippen LogP contribution in [0.3, 0.4) is 0 Å². The average Bonchev–Trinajstić information content (AvgIpc) is 3.07. The van der Waals surface area contributed by atoms with Crippen LogP contribution in [0.15, 0.2) is 24.3 Å². The minimum Gasteiger partial charge on any atom is -0.497 e. The highest BCUT2D eigenvalue weighted by Crippen LogP contribution is 2.42. The second-order valence-electron chi connectivity index (χ2n) is 8.94. The Balaban J connectivity index is 1.34. The Morgan fingerprint density at radius 1 is 1.07 bits per heavy atom. The summed E-state index contributed by atoms with van der Waals surface area (Å²) in [6.07, 6.45) is 5.98. The molecular weight excluding hydrogens is 364 g/mol. The van der Waals surface area contributed by atoms with Crippen LogP contribution in [-0.4, -0.2) is 45.8 Å². The number of piperidine rings is 1. The zero-order valence-corrected chi connectivity index (χ0v) is 17.9. The summed E-state index contributed by atoms with van der Waals surface area (Å²) in [5.74, 6) is 3.72. The molecule has 4 rings (SSSR count). The number of methoxy groups -OCH3 is 1.